The number of rotatable bonds is 5. The molecular formula is C21H28N2O3. The number of fused-ring (bicyclic) bond motifs is 1. The minimum absolute atomic E-state index is 0.357. The summed E-state index contributed by atoms with van der Waals surface area (Å²) in [6, 6.07) is 8.67. The number of hydrogen-bond acceptors (Lipinski definition) is 5. The lowest BCUT2D eigenvalue weighted by molar-refractivity contribution is 0.0486. The normalized spacial score (nSPS) is 20.0. The zero-order valence-electron chi connectivity index (χ0n) is 15.6. The van der Waals surface area contributed by atoms with Gasteiger partial charge in [0.2, 0.25) is 5.76 Å². The van der Waals surface area contributed by atoms with E-state index in [9.17, 15) is 4.79 Å². The summed E-state index contributed by atoms with van der Waals surface area (Å²) in [5, 5.41) is 1.02. The third-order valence-electron chi connectivity index (χ3n) is 5.79. The Bertz CT molecular complexity index is 756. The van der Waals surface area contributed by atoms with Gasteiger partial charge < -0.3 is 9.15 Å². The lowest BCUT2D eigenvalue weighted by Crippen LogP contribution is -2.49. The Kier molecular flexibility index (Phi) is 5.27. The van der Waals surface area contributed by atoms with Gasteiger partial charge in [0, 0.05) is 49.7 Å². The summed E-state index contributed by atoms with van der Waals surface area (Å²) in [7, 11) is 0. The maximum absolute atomic E-state index is 12.4. The number of benzene rings is 1. The van der Waals surface area contributed by atoms with Gasteiger partial charge in [0.05, 0.1) is 6.61 Å². The maximum Gasteiger partial charge on any atom is 0.374 e. The summed E-state index contributed by atoms with van der Waals surface area (Å²) in [4.78, 5) is 17.5. The van der Waals surface area contributed by atoms with Gasteiger partial charge in [-0.2, -0.15) is 0 Å². The molecule has 26 heavy (non-hydrogen) atoms. The molecule has 0 spiro atoms. The van der Waals surface area contributed by atoms with E-state index in [4.69, 9.17) is 9.15 Å². The molecule has 1 aromatic heterocycles. The molecule has 5 heteroatoms. The summed E-state index contributed by atoms with van der Waals surface area (Å²) in [5.41, 5.74) is 1.73. The standard InChI is InChI=1S/C21H28N2O3/c1-2-25-21(24)20-18(17-9-5-6-10-19(17)26-20)15-22-11-13-23(14-12-22)16-7-3-4-8-16/h5-6,9-10,16H,2-4,7-8,11-15H2,1H3. The first-order valence-corrected chi connectivity index (χ1v) is 9.90. The first-order valence-electron chi connectivity index (χ1n) is 9.90. The second-order valence-electron chi connectivity index (χ2n) is 7.38. The van der Waals surface area contributed by atoms with Crippen molar-refractivity contribution in [2.75, 3.05) is 32.8 Å². The van der Waals surface area contributed by atoms with Crippen LogP contribution >= 0.6 is 0 Å². The molecule has 1 saturated heterocycles. The number of carbonyl (C=O) groups is 1. The smallest absolute Gasteiger partial charge is 0.374 e. The van der Waals surface area contributed by atoms with E-state index in [1.165, 1.54) is 25.7 Å². The van der Waals surface area contributed by atoms with E-state index in [1.54, 1.807) is 0 Å². The van der Waals surface area contributed by atoms with Crippen molar-refractivity contribution in [2.45, 2.75) is 45.2 Å². The average Bonchev–Trinajstić information content (AvgIpc) is 3.31. The second-order valence-corrected chi connectivity index (χ2v) is 7.38. The summed E-state index contributed by atoms with van der Waals surface area (Å²) < 4.78 is 11.1. The molecule has 0 unspecified atom stereocenters. The predicted molar refractivity (Wildman–Crippen MR) is 101 cm³/mol. The van der Waals surface area contributed by atoms with Crippen LogP contribution in [0.1, 0.15) is 48.7 Å². The van der Waals surface area contributed by atoms with E-state index >= 15 is 0 Å². The molecule has 5 nitrogen and oxygen atoms in total. The van der Waals surface area contributed by atoms with E-state index in [1.807, 2.05) is 31.2 Å². The molecule has 1 saturated carbocycles. The minimum Gasteiger partial charge on any atom is -0.460 e. The zero-order chi connectivity index (χ0) is 17.9. The molecule has 0 bridgehead atoms. The van der Waals surface area contributed by atoms with Crippen molar-refractivity contribution >= 4 is 16.9 Å². The lowest BCUT2D eigenvalue weighted by atomic mass is 10.1. The molecule has 0 radical (unpaired) electrons. The Morgan fingerprint density at radius 1 is 1.15 bits per heavy atom. The van der Waals surface area contributed by atoms with Gasteiger partial charge in [0.15, 0.2) is 0 Å². The third kappa shape index (κ3) is 3.51. The number of furan rings is 1. The molecule has 2 aliphatic rings. The Hall–Kier alpha value is -1.85. The van der Waals surface area contributed by atoms with Crippen molar-refractivity contribution in [1.82, 2.24) is 9.80 Å². The highest BCUT2D eigenvalue weighted by Gasteiger charge is 2.28. The molecular weight excluding hydrogens is 328 g/mol. The largest absolute Gasteiger partial charge is 0.460 e. The number of para-hydroxylation sites is 1. The molecule has 1 aliphatic carbocycles. The molecule has 1 aliphatic heterocycles. The van der Waals surface area contributed by atoms with Gasteiger partial charge in [0.25, 0.3) is 0 Å². The number of esters is 1. The Labute approximate surface area is 154 Å². The highest BCUT2D eigenvalue weighted by Crippen LogP contribution is 2.29. The highest BCUT2D eigenvalue weighted by molar-refractivity contribution is 5.96. The first kappa shape index (κ1) is 17.6. The van der Waals surface area contributed by atoms with Crippen molar-refractivity contribution in [3.63, 3.8) is 0 Å². The number of nitrogens with zero attached hydrogens (tertiary/aromatic N) is 2. The van der Waals surface area contributed by atoms with Gasteiger partial charge in [-0.05, 0) is 25.8 Å². The summed E-state index contributed by atoms with van der Waals surface area (Å²) >= 11 is 0. The van der Waals surface area contributed by atoms with Crippen LogP contribution in [0.25, 0.3) is 11.0 Å². The van der Waals surface area contributed by atoms with Gasteiger partial charge in [-0.25, -0.2) is 4.79 Å². The number of piperazine rings is 1. The molecule has 2 aromatic rings. The van der Waals surface area contributed by atoms with Crippen LogP contribution in [0, 0.1) is 0 Å². The average molecular weight is 356 g/mol. The molecule has 140 valence electrons. The number of carbonyl (C=O) groups excluding carboxylic acids is 1. The Balaban J connectivity index is 1.49. The fraction of sp³-hybridized carbons (Fsp3) is 0.571. The van der Waals surface area contributed by atoms with Gasteiger partial charge in [0.1, 0.15) is 5.58 Å². The Morgan fingerprint density at radius 3 is 2.62 bits per heavy atom. The van der Waals surface area contributed by atoms with Gasteiger partial charge in [-0.3, -0.25) is 9.80 Å². The van der Waals surface area contributed by atoms with Crippen molar-refractivity contribution in [3.05, 3.63) is 35.6 Å². The second kappa shape index (κ2) is 7.80. The van der Waals surface area contributed by atoms with Crippen LogP contribution in [-0.4, -0.2) is 54.6 Å². The van der Waals surface area contributed by atoms with Gasteiger partial charge >= 0.3 is 5.97 Å². The molecule has 1 aromatic carbocycles. The SMILES string of the molecule is CCOC(=O)c1oc2ccccc2c1CN1CCN(C2CCCC2)CC1. The molecule has 0 atom stereocenters. The first-order chi connectivity index (χ1) is 12.8. The minimum atomic E-state index is -0.358. The van der Waals surface area contributed by atoms with E-state index in [0.29, 0.717) is 12.4 Å². The zero-order valence-corrected chi connectivity index (χ0v) is 15.6. The van der Waals surface area contributed by atoms with Crippen LogP contribution in [-0.2, 0) is 11.3 Å². The van der Waals surface area contributed by atoms with Crippen LogP contribution in [0.15, 0.2) is 28.7 Å². The summed E-state index contributed by atoms with van der Waals surface area (Å²) in [5.74, 6) is 0.00886. The van der Waals surface area contributed by atoms with Gasteiger partial charge in [-0.1, -0.05) is 31.0 Å². The monoisotopic (exact) mass is 356 g/mol. The maximum atomic E-state index is 12.4. The fourth-order valence-electron chi connectivity index (χ4n) is 4.40. The number of hydrogen-bond donors (Lipinski definition) is 0. The molecule has 0 amide bonds. The van der Waals surface area contributed by atoms with Crippen LogP contribution in [0.5, 0.6) is 0 Å². The van der Waals surface area contributed by atoms with Gasteiger partial charge in [-0.15, -0.1) is 0 Å². The summed E-state index contributed by atoms with van der Waals surface area (Å²) in [6.07, 6.45) is 5.49. The predicted octanol–water partition coefficient (Wildman–Crippen LogP) is 3.67. The van der Waals surface area contributed by atoms with Crippen molar-refractivity contribution in [2.24, 2.45) is 0 Å². The number of ether oxygens (including phenoxy) is 1. The highest BCUT2D eigenvalue weighted by atomic mass is 16.5. The fourth-order valence-corrected chi connectivity index (χ4v) is 4.40. The van der Waals surface area contributed by atoms with Crippen LogP contribution in [0.2, 0.25) is 0 Å². The van der Waals surface area contributed by atoms with Crippen LogP contribution in [0.4, 0.5) is 0 Å². The molecule has 2 fully saturated rings. The van der Waals surface area contributed by atoms with Crippen molar-refractivity contribution < 1.29 is 13.9 Å². The molecule has 0 N–H and O–H groups in total. The lowest BCUT2D eigenvalue weighted by Gasteiger charge is -2.38. The van der Waals surface area contributed by atoms with E-state index in [0.717, 1.165) is 55.3 Å². The van der Waals surface area contributed by atoms with Crippen molar-refractivity contribution in [3.8, 4) is 0 Å². The van der Waals surface area contributed by atoms with Crippen LogP contribution in [0.3, 0.4) is 0 Å². The summed E-state index contributed by atoms with van der Waals surface area (Å²) in [6.45, 7) is 7.24. The van der Waals surface area contributed by atoms with E-state index in [2.05, 4.69) is 9.80 Å². The Morgan fingerprint density at radius 2 is 1.88 bits per heavy atom. The quantitative estimate of drug-likeness (QED) is 0.765. The van der Waals surface area contributed by atoms with Crippen molar-refractivity contribution in [1.29, 1.82) is 0 Å². The molecule has 2 heterocycles. The van der Waals surface area contributed by atoms with Crippen LogP contribution < -0.4 is 0 Å². The topological polar surface area (TPSA) is 45.9 Å². The van der Waals surface area contributed by atoms with E-state index < -0.39 is 0 Å². The van der Waals surface area contributed by atoms with E-state index in [-0.39, 0.29) is 5.97 Å². The molecule has 4 rings (SSSR count). The third-order valence-corrected chi connectivity index (χ3v) is 5.79.